The highest BCUT2D eigenvalue weighted by Crippen LogP contribution is 2.31. The molecule has 0 fully saturated rings. The van der Waals surface area contributed by atoms with Gasteiger partial charge in [-0.3, -0.25) is 14.3 Å². The predicted octanol–water partition coefficient (Wildman–Crippen LogP) is 1.18. The van der Waals surface area contributed by atoms with E-state index in [9.17, 15) is 22.7 Å². The second-order valence-corrected chi connectivity index (χ2v) is 7.78. The van der Waals surface area contributed by atoms with Gasteiger partial charge in [-0.15, -0.1) is 0 Å². The van der Waals surface area contributed by atoms with Gasteiger partial charge in [-0.2, -0.15) is 0 Å². The van der Waals surface area contributed by atoms with Gasteiger partial charge in [0.05, 0.1) is 4.92 Å². The second kappa shape index (κ2) is 6.80. The number of anilines is 1. The summed E-state index contributed by atoms with van der Waals surface area (Å²) in [7, 11) is -4.60. The van der Waals surface area contributed by atoms with Crippen molar-refractivity contribution in [1.29, 1.82) is 0 Å². The zero-order chi connectivity index (χ0) is 15.3. The van der Waals surface area contributed by atoms with Crippen LogP contribution in [0.2, 0.25) is 0 Å². The first-order valence-electron chi connectivity index (χ1n) is 5.75. The summed E-state index contributed by atoms with van der Waals surface area (Å²) in [6, 6.07) is 4.11. The molecule has 0 amide bonds. The maximum absolute atomic E-state index is 11.6. The van der Waals surface area contributed by atoms with E-state index in [-0.39, 0.29) is 10.6 Å². The molecule has 0 aliphatic rings. The molecule has 0 saturated heterocycles. The molecule has 1 unspecified atom stereocenters. The number of nitrogens with zero attached hydrogens (tertiary/aromatic N) is 1. The molecule has 0 aliphatic carbocycles. The molecule has 0 heterocycles. The maximum Gasteiger partial charge on any atom is 0.310 e. The van der Waals surface area contributed by atoms with E-state index in [1.165, 1.54) is 18.2 Å². The molecule has 20 heavy (non-hydrogen) atoms. The molecule has 1 rings (SSSR count). The van der Waals surface area contributed by atoms with Crippen molar-refractivity contribution >= 4 is 32.0 Å². The van der Waals surface area contributed by atoms with Crippen molar-refractivity contribution in [1.82, 2.24) is 0 Å². The zero-order valence-corrected chi connectivity index (χ0v) is 12.8. The van der Waals surface area contributed by atoms with E-state index in [2.05, 4.69) is 5.32 Å². The van der Waals surface area contributed by atoms with Crippen LogP contribution in [-0.4, -0.2) is 42.4 Å². The number of hydrogen-bond donors (Lipinski definition) is 1. The summed E-state index contributed by atoms with van der Waals surface area (Å²) in [5.74, 6) is 0.479. The number of sulfone groups is 1. The van der Waals surface area contributed by atoms with Crippen LogP contribution >= 0.6 is 0 Å². The maximum atomic E-state index is 11.6. The summed E-state index contributed by atoms with van der Waals surface area (Å²) >= 11 is 0. The van der Waals surface area contributed by atoms with Crippen LogP contribution in [-0.2, 0) is 20.6 Å². The largest absolute Gasteiger partial charge is 0.379 e. The number of nitro benzene ring substituents is 1. The lowest BCUT2D eigenvalue weighted by Crippen LogP contribution is -2.10. The van der Waals surface area contributed by atoms with Crippen LogP contribution in [0, 0.1) is 10.1 Å². The van der Waals surface area contributed by atoms with Crippen LogP contribution in [0.5, 0.6) is 0 Å². The molecule has 0 bridgehead atoms. The molecule has 0 saturated carbocycles. The lowest BCUT2D eigenvalue weighted by atomic mass is 10.2. The van der Waals surface area contributed by atoms with Crippen LogP contribution in [0.1, 0.15) is 6.42 Å². The molecule has 0 radical (unpaired) electrons. The molecule has 112 valence electrons. The van der Waals surface area contributed by atoms with Crippen LogP contribution in [0.15, 0.2) is 23.1 Å². The highest BCUT2D eigenvalue weighted by molar-refractivity contribution is 7.90. The van der Waals surface area contributed by atoms with E-state index in [4.69, 9.17) is 0 Å². The number of nitro groups is 1. The molecule has 1 N–H and O–H groups in total. The Morgan fingerprint density at radius 3 is 2.55 bits per heavy atom. The fourth-order valence-corrected chi connectivity index (χ4v) is 3.06. The van der Waals surface area contributed by atoms with Crippen LogP contribution in [0.3, 0.4) is 0 Å². The predicted molar refractivity (Wildman–Crippen MR) is 78.2 cm³/mol. The molecule has 0 aromatic heterocycles. The van der Waals surface area contributed by atoms with Crippen molar-refractivity contribution in [2.45, 2.75) is 11.3 Å². The monoisotopic (exact) mass is 320 g/mol. The first-order valence-corrected chi connectivity index (χ1v) is 9.36. The van der Waals surface area contributed by atoms with E-state index >= 15 is 0 Å². The van der Waals surface area contributed by atoms with Crippen molar-refractivity contribution in [3.8, 4) is 0 Å². The van der Waals surface area contributed by atoms with E-state index < -0.39 is 31.2 Å². The Bertz CT molecular complexity index is 628. The second-order valence-electron chi connectivity index (χ2n) is 4.24. The van der Waals surface area contributed by atoms with Gasteiger partial charge < -0.3 is 5.32 Å². The first kappa shape index (κ1) is 16.6. The molecule has 1 aromatic rings. The highest BCUT2D eigenvalue weighted by Gasteiger charge is 2.25. The summed E-state index contributed by atoms with van der Waals surface area (Å²) in [6.45, 7) is 0.383. The summed E-state index contributed by atoms with van der Waals surface area (Å²) in [5, 5.41) is 13.9. The van der Waals surface area contributed by atoms with Crippen molar-refractivity contribution in [3.63, 3.8) is 0 Å². The van der Waals surface area contributed by atoms with Crippen molar-refractivity contribution in [2.24, 2.45) is 0 Å². The molecule has 1 aromatic carbocycles. The Kier molecular flexibility index (Phi) is 5.63. The minimum atomic E-state index is -3.68. The van der Waals surface area contributed by atoms with Gasteiger partial charge in [0.1, 0.15) is 10.6 Å². The van der Waals surface area contributed by atoms with Crippen molar-refractivity contribution in [3.05, 3.63) is 28.3 Å². The average Bonchev–Trinajstić information content (AvgIpc) is 2.32. The molecule has 9 heteroatoms. The van der Waals surface area contributed by atoms with Gasteiger partial charge in [-0.25, -0.2) is 8.42 Å². The number of benzene rings is 1. The Balaban J connectivity index is 3.02. The molecule has 0 spiro atoms. The third-order valence-electron chi connectivity index (χ3n) is 2.51. The summed E-state index contributed by atoms with van der Waals surface area (Å²) in [6.07, 6.45) is 3.08. The average molecular weight is 320 g/mol. The normalized spacial score (nSPS) is 12.9. The SMILES string of the molecule is CS(=O)CCCNc1cccc(S(C)(=O)=O)c1[N+](=O)[O-]. The third kappa shape index (κ3) is 4.57. The van der Waals surface area contributed by atoms with Gasteiger partial charge in [0.2, 0.25) is 0 Å². The van der Waals surface area contributed by atoms with E-state index in [1.54, 1.807) is 6.26 Å². The van der Waals surface area contributed by atoms with E-state index in [0.29, 0.717) is 18.7 Å². The number of rotatable bonds is 7. The zero-order valence-electron chi connectivity index (χ0n) is 11.2. The summed E-state index contributed by atoms with van der Waals surface area (Å²) in [4.78, 5) is 10.1. The molecular weight excluding hydrogens is 304 g/mol. The quantitative estimate of drug-likeness (QED) is 0.459. The Morgan fingerprint density at radius 1 is 1.40 bits per heavy atom. The Hall–Kier alpha value is -1.48. The van der Waals surface area contributed by atoms with Gasteiger partial charge in [0.25, 0.3) is 0 Å². The number of nitrogens with one attached hydrogen (secondary N) is 1. The highest BCUT2D eigenvalue weighted by atomic mass is 32.2. The van der Waals surface area contributed by atoms with Gasteiger partial charge in [-0.05, 0) is 18.6 Å². The summed E-state index contributed by atoms with van der Waals surface area (Å²) < 4.78 is 34.0. The van der Waals surface area contributed by atoms with Crippen LogP contribution < -0.4 is 5.32 Å². The first-order chi connectivity index (χ1) is 9.23. The minimum absolute atomic E-state index is 0.153. The molecule has 1 atom stereocenters. The Morgan fingerprint density at radius 2 is 2.05 bits per heavy atom. The van der Waals surface area contributed by atoms with E-state index in [0.717, 1.165) is 6.26 Å². The standard InChI is InChI=1S/C11H16N2O5S2/c1-19(16)8-4-7-12-9-5-3-6-10(20(2,17)18)11(9)13(14)15/h3,5-6,12H,4,7-8H2,1-2H3. The number of para-hydroxylation sites is 1. The van der Waals surface area contributed by atoms with Crippen LogP contribution in [0.4, 0.5) is 11.4 Å². The lowest BCUT2D eigenvalue weighted by Gasteiger charge is -2.09. The van der Waals surface area contributed by atoms with Gasteiger partial charge in [0, 0.05) is 35.6 Å². The van der Waals surface area contributed by atoms with Crippen LogP contribution in [0.25, 0.3) is 0 Å². The summed E-state index contributed by atoms with van der Waals surface area (Å²) in [5.41, 5.74) is -0.299. The minimum Gasteiger partial charge on any atom is -0.379 e. The fraction of sp³-hybridized carbons (Fsp3) is 0.455. The third-order valence-corrected chi connectivity index (χ3v) is 4.50. The molecule has 0 aliphatic heterocycles. The van der Waals surface area contributed by atoms with Gasteiger partial charge in [-0.1, -0.05) is 6.07 Å². The lowest BCUT2D eigenvalue weighted by molar-refractivity contribution is -0.386. The fourth-order valence-electron chi connectivity index (χ4n) is 1.65. The molecular formula is C11H16N2O5S2. The van der Waals surface area contributed by atoms with Gasteiger partial charge in [0.15, 0.2) is 9.84 Å². The van der Waals surface area contributed by atoms with Crippen molar-refractivity contribution < 1.29 is 17.6 Å². The van der Waals surface area contributed by atoms with Gasteiger partial charge >= 0.3 is 5.69 Å². The number of hydrogen-bond acceptors (Lipinski definition) is 6. The smallest absolute Gasteiger partial charge is 0.310 e. The van der Waals surface area contributed by atoms with E-state index in [1.807, 2.05) is 0 Å². The van der Waals surface area contributed by atoms with Crippen molar-refractivity contribution in [2.75, 3.05) is 30.1 Å². The Labute approximate surface area is 119 Å². The topological polar surface area (TPSA) is 106 Å². The molecule has 7 nitrogen and oxygen atoms in total.